The van der Waals surface area contributed by atoms with Crippen LogP contribution in [0.1, 0.15) is 22.3 Å². The van der Waals surface area contributed by atoms with E-state index >= 15 is 0 Å². The first kappa shape index (κ1) is 38.2. The van der Waals surface area contributed by atoms with Crippen molar-refractivity contribution < 1.29 is 0 Å². The molecule has 1 aliphatic carbocycles. The predicted octanol–water partition coefficient (Wildman–Crippen LogP) is 16.0. The molecule has 0 spiro atoms. The van der Waals surface area contributed by atoms with Crippen molar-refractivity contribution in [3.05, 3.63) is 277 Å². The number of nitrogens with zero attached hydrogens (tertiary/aromatic N) is 2. The van der Waals surface area contributed by atoms with Gasteiger partial charge in [0.15, 0.2) is 5.82 Å². The van der Waals surface area contributed by atoms with Crippen molar-refractivity contribution in [2.75, 3.05) is 0 Å². The van der Waals surface area contributed by atoms with E-state index in [0.717, 1.165) is 33.5 Å². The van der Waals surface area contributed by atoms with Crippen molar-refractivity contribution in [1.82, 2.24) is 9.97 Å². The lowest BCUT2D eigenvalue weighted by molar-refractivity contribution is 0.769. The smallest absolute Gasteiger partial charge is 0.160 e. The third-order valence-electron chi connectivity index (χ3n) is 13.2. The predicted molar refractivity (Wildman–Crippen MR) is 269 cm³/mol. The second-order valence-electron chi connectivity index (χ2n) is 16.8. The summed E-state index contributed by atoms with van der Waals surface area (Å²) >= 11 is 0. The minimum Gasteiger partial charge on any atom is -0.228 e. The lowest BCUT2D eigenvalue weighted by atomic mass is 9.67. The molecule has 0 saturated heterocycles. The van der Waals surface area contributed by atoms with E-state index in [-0.39, 0.29) is 0 Å². The van der Waals surface area contributed by atoms with Gasteiger partial charge in [-0.05, 0) is 89.7 Å². The minimum absolute atomic E-state index is 0.425. The molecule has 0 bridgehead atoms. The molecule has 11 aromatic rings. The molecule has 0 unspecified atom stereocenters. The second kappa shape index (κ2) is 16.0. The first-order valence-corrected chi connectivity index (χ1v) is 22.3. The Morgan fingerprint density at radius 3 is 1.31 bits per heavy atom. The monoisotopic (exact) mass is 826 g/mol. The maximum atomic E-state index is 5.17. The number of hydrogen-bond acceptors (Lipinski definition) is 2. The van der Waals surface area contributed by atoms with E-state index < -0.39 is 5.41 Å². The van der Waals surface area contributed by atoms with Crippen molar-refractivity contribution in [1.29, 1.82) is 0 Å². The Bertz CT molecular complexity index is 3390. The number of aromatic nitrogens is 2. The number of fused-ring (bicyclic) bond motifs is 4. The lowest BCUT2D eigenvalue weighted by Gasteiger charge is -2.34. The van der Waals surface area contributed by atoms with Crippen molar-refractivity contribution in [2.45, 2.75) is 5.41 Å². The highest BCUT2D eigenvalue weighted by atomic mass is 14.9. The van der Waals surface area contributed by atoms with Crippen LogP contribution in [0.2, 0.25) is 0 Å². The maximum absolute atomic E-state index is 5.17. The Kier molecular flexibility index (Phi) is 9.43. The molecule has 65 heavy (non-hydrogen) atoms. The highest BCUT2D eigenvalue weighted by Crippen LogP contribution is 2.56. The average Bonchev–Trinajstić information content (AvgIpc) is 3.70. The van der Waals surface area contributed by atoms with E-state index in [4.69, 9.17) is 9.97 Å². The molecule has 0 saturated carbocycles. The normalized spacial score (nSPS) is 12.4. The van der Waals surface area contributed by atoms with Crippen LogP contribution in [-0.4, -0.2) is 9.97 Å². The zero-order valence-corrected chi connectivity index (χ0v) is 35.6. The van der Waals surface area contributed by atoms with E-state index in [1.807, 2.05) is 24.3 Å². The first-order chi connectivity index (χ1) is 32.2. The van der Waals surface area contributed by atoms with E-state index in [9.17, 15) is 0 Å². The summed E-state index contributed by atoms with van der Waals surface area (Å²) in [4.78, 5) is 10.2. The molecule has 1 aromatic heterocycles. The van der Waals surface area contributed by atoms with Gasteiger partial charge in [0, 0.05) is 16.7 Å². The van der Waals surface area contributed by atoms with E-state index in [1.165, 1.54) is 72.1 Å². The summed E-state index contributed by atoms with van der Waals surface area (Å²) in [5.74, 6) is 0.713. The molecule has 0 N–H and O–H groups in total. The van der Waals surface area contributed by atoms with Crippen LogP contribution in [0.25, 0.3) is 89.2 Å². The number of hydrogen-bond donors (Lipinski definition) is 0. The van der Waals surface area contributed by atoms with Crippen LogP contribution in [0.3, 0.4) is 0 Å². The molecule has 0 aliphatic heterocycles. The van der Waals surface area contributed by atoms with Crippen LogP contribution in [0, 0.1) is 0 Å². The van der Waals surface area contributed by atoms with Gasteiger partial charge in [0.25, 0.3) is 0 Å². The summed E-state index contributed by atoms with van der Waals surface area (Å²) in [6.07, 6.45) is 0. The van der Waals surface area contributed by atoms with Gasteiger partial charge in [-0.15, -0.1) is 0 Å². The topological polar surface area (TPSA) is 25.8 Å². The summed E-state index contributed by atoms with van der Waals surface area (Å²) in [6, 6.07) is 91.9. The summed E-state index contributed by atoms with van der Waals surface area (Å²) in [5.41, 5.74) is 19.4. The molecule has 0 atom stereocenters. The molecular formula is C63H42N2. The zero-order chi connectivity index (χ0) is 43.2. The van der Waals surface area contributed by atoms with Gasteiger partial charge in [-0.2, -0.15) is 0 Å². The van der Waals surface area contributed by atoms with Crippen molar-refractivity contribution in [3.8, 4) is 78.4 Å². The van der Waals surface area contributed by atoms with Gasteiger partial charge in [0.2, 0.25) is 0 Å². The van der Waals surface area contributed by atoms with Crippen molar-refractivity contribution in [2.24, 2.45) is 0 Å². The van der Waals surface area contributed by atoms with Crippen LogP contribution in [-0.2, 0) is 5.41 Å². The highest BCUT2D eigenvalue weighted by molar-refractivity contribution is 6.05. The van der Waals surface area contributed by atoms with E-state index in [2.05, 4.69) is 231 Å². The van der Waals surface area contributed by atoms with Crippen LogP contribution < -0.4 is 0 Å². The maximum Gasteiger partial charge on any atom is 0.160 e. The Morgan fingerprint density at radius 2 is 0.677 bits per heavy atom. The fourth-order valence-electron chi connectivity index (χ4n) is 10.2. The molecule has 2 nitrogen and oxygen atoms in total. The highest BCUT2D eigenvalue weighted by Gasteiger charge is 2.46. The standard InChI is InChI=1S/C63H42N2/c1-5-17-47(18-6-1)60-42-61(65-62(64-60)48-19-7-2-8-20-48)57-40-39-52(53-25-13-14-26-54(53)57)46-35-33-44(34-36-46)43-29-31-45(32-30-43)49-37-38-56-55-27-15-16-28-58(55)63(59(56)41-49,50-21-9-3-10-22-50)51-23-11-4-12-24-51/h1-42H. The van der Waals surface area contributed by atoms with Crippen LogP contribution in [0.4, 0.5) is 0 Å². The number of rotatable bonds is 8. The van der Waals surface area contributed by atoms with Crippen LogP contribution in [0.5, 0.6) is 0 Å². The summed E-state index contributed by atoms with van der Waals surface area (Å²) in [5, 5.41) is 2.34. The molecule has 304 valence electrons. The van der Waals surface area contributed by atoms with Crippen LogP contribution >= 0.6 is 0 Å². The molecule has 0 radical (unpaired) electrons. The van der Waals surface area contributed by atoms with Gasteiger partial charge < -0.3 is 0 Å². The Balaban J connectivity index is 0.876. The zero-order valence-electron chi connectivity index (χ0n) is 35.6. The molecule has 0 amide bonds. The molecule has 0 fully saturated rings. The molecule has 10 aromatic carbocycles. The molecule has 1 aliphatic rings. The fraction of sp³-hybridized carbons (Fsp3) is 0.0159. The third-order valence-corrected chi connectivity index (χ3v) is 13.2. The quantitative estimate of drug-likeness (QED) is 0.152. The lowest BCUT2D eigenvalue weighted by Crippen LogP contribution is -2.28. The summed E-state index contributed by atoms with van der Waals surface area (Å²) in [7, 11) is 0. The largest absolute Gasteiger partial charge is 0.228 e. The molecule has 12 rings (SSSR count). The Labute approximate surface area is 379 Å². The van der Waals surface area contributed by atoms with Crippen LogP contribution in [0.15, 0.2) is 255 Å². The summed E-state index contributed by atoms with van der Waals surface area (Å²) in [6.45, 7) is 0. The second-order valence-corrected chi connectivity index (χ2v) is 16.8. The number of benzene rings is 10. The van der Waals surface area contributed by atoms with Gasteiger partial charge in [0.1, 0.15) is 0 Å². The molecular weight excluding hydrogens is 785 g/mol. The fourth-order valence-corrected chi connectivity index (χ4v) is 10.2. The van der Waals surface area contributed by atoms with Gasteiger partial charge in [0.05, 0.1) is 16.8 Å². The van der Waals surface area contributed by atoms with Gasteiger partial charge in [-0.1, -0.05) is 243 Å². The third kappa shape index (κ3) is 6.58. The Hall–Kier alpha value is -8.46. The molecule has 1 heterocycles. The minimum atomic E-state index is -0.425. The van der Waals surface area contributed by atoms with Gasteiger partial charge in [-0.3, -0.25) is 0 Å². The van der Waals surface area contributed by atoms with Crippen molar-refractivity contribution in [3.63, 3.8) is 0 Å². The van der Waals surface area contributed by atoms with Gasteiger partial charge >= 0.3 is 0 Å². The van der Waals surface area contributed by atoms with E-state index in [1.54, 1.807) is 0 Å². The first-order valence-electron chi connectivity index (χ1n) is 22.3. The summed E-state index contributed by atoms with van der Waals surface area (Å²) < 4.78 is 0. The molecule has 2 heteroatoms. The van der Waals surface area contributed by atoms with Crippen molar-refractivity contribution >= 4 is 10.8 Å². The average molecular weight is 827 g/mol. The Morgan fingerprint density at radius 1 is 0.246 bits per heavy atom. The van der Waals surface area contributed by atoms with E-state index in [0.29, 0.717) is 5.82 Å². The SMILES string of the molecule is c1ccc(-c2cc(-c3ccc(-c4ccc(-c5ccc(-c6ccc7c(c6)C(c6ccccc6)(c6ccccc6)c6ccccc6-7)cc5)cc4)c4ccccc34)nc(-c3ccccc3)n2)cc1. The van der Waals surface area contributed by atoms with Gasteiger partial charge in [-0.25, -0.2) is 9.97 Å².